The Bertz CT molecular complexity index is 471. The first-order valence-corrected chi connectivity index (χ1v) is 9.90. The molecule has 0 aliphatic carbocycles. The Labute approximate surface area is 158 Å². The van der Waals surface area contributed by atoms with Gasteiger partial charge in [0.05, 0.1) is 25.9 Å². The van der Waals surface area contributed by atoms with Gasteiger partial charge < -0.3 is 19.9 Å². The van der Waals surface area contributed by atoms with Crippen LogP contribution in [-0.2, 0) is 4.74 Å². The lowest BCUT2D eigenvalue weighted by Crippen LogP contribution is -2.05. The van der Waals surface area contributed by atoms with E-state index in [0.717, 1.165) is 45.1 Å². The summed E-state index contributed by atoms with van der Waals surface area (Å²) in [5.74, 6) is 0.917. The summed E-state index contributed by atoms with van der Waals surface area (Å²) in [6.45, 7) is 4.20. The van der Waals surface area contributed by atoms with E-state index in [-0.39, 0.29) is 5.97 Å². The highest BCUT2D eigenvalue weighted by Gasteiger charge is 2.10. The van der Waals surface area contributed by atoms with E-state index in [1.54, 1.807) is 12.1 Å². The second-order valence-electron chi connectivity index (χ2n) is 6.50. The largest absolute Gasteiger partial charge is 0.493 e. The molecular formula is C21H35NO4. The summed E-state index contributed by atoms with van der Waals surface area (Å²) in [6.07, 6.45) is 10.1. The van der Waals surface area contributed by atoms with Crippen molar-refractivity contribution < 1.29 is 19.0 Å². The molecule has 1 aromatic rings. The van der Waals surface area contributed by atoms with Gasteiger partial charge in [0, 0.05) is 6.07 Å². The molecule has 0 saturated carbocycles. The molecule has 0 radical (unpaired) electrons. The van der Waals surface area contributed by atoms with Crippen molar-refractivity contribution in [1.29, 1.82) is 0 Å². The lowest BCUT2D eigenvalue weighted by Gasteiger charge is -2.12. The molecule has 0 saturated heterocycles. The van der Waals surface area contributed by atoms with Gasteiger partial charge in [-0.05, 0) is 37.9 Å². The van der Waals surface area contributed by atoms with E-state index in [2.05, 4.69) is 6.92 Å². The molecule has 1 aromatic carbocycles. The van der Waals surface area contributed by atoms with Crippen molar-refractivity contribution in [2.75, 3.05) is 26.9 Å². The highest BCUT2D eigenvalue weighted by atomic mass is 16.5. The summed E-state index contributed by atoms with van der Waals surface area (Å²) >= 11 is 0. The van der Waals surface area contributed by atoms with Gasteiger partial charge in [-0.1, -0.05) is 45.4 Å². The lowest BCUT2D eigenvalue weighted by atomic mass is 10.1. The molecule has 0 aliphatic heterocycles. The predicted molar refractivity (Wildman–Crippen MR) is 105 cm³/mol. The summed E-state index contributed by atoms with van der Waals surface area (Å²) < 4.78 is 16.4. The third-order valence-corrected chi connectivity index (χ3v) is 4.18. The van der Waals surface area contributed by atoms with Crippen molar-refractivity contribution in [1.82, 2.24) is 0 Å². The molecule has 2 N–H and O–H groups in total. The molecule has 0 bridgehead atoms. The predicted octanol–water partition coefficient (Wildman–Crippen LogP) is 4.72. The Morgan fingerprint density at radius 1 is 0.846 bits per heavy atom. The lowest BCUT2D eigenvalue weighted by molar-refractivity contribution is 0.0599. The Hall–Kier alpha value is -1.75. The first-order valence-electron chi connectivity index (χ1n) is 9.90. The number of hydrogen-bond donors (Lipinski definition) is 1. The van der Waals surface area contributed by atoms with Gasteiger partial charge in [0.25, 0.3) is 0 Å². The molecule has 26 heavy (non-hydrogen) atoms. The number of carbonyl (C=O) groups is 1. The minimum absolute atomic E-state index is 0.383. The molecule has 0 spiro atoms. The first-order chi connectivity index (χ1) is 12.7. The third-order valence-electron chi connectivity index (χ3n) is 4.18. The van der Waals surface area contributed by atoms with Crippen LogP contribution in [0.5, 0.6) is 11.5 Å². The molecule has 5 heteroatoms. The van der Waals surface area contributed by atoms with Crippen LogP contribution in [-0.4, -0.2) is 32.8 Å². The van der Waals surface area contributed by atoms with Crippen molar-refractivity contribution >= 4 is 5.97 Å². The fourth-order valence-corrected chi connectivity index (χ4v) is 2.66. The van der Waals surface area contributed by atoms with Crippen LogP contribution in [0.25, 0.3) is 0 Å². The molecular weight excluding hydrogens is 330 g/mol. The SMILES string of the molecule is CCCCCCCOc1cc(OCCCCCCN)cc(C(=O)OC)c1. The number of methoxy groups -OCH3 is 1. The summed E-state index contributed by atoms with van der Waals surface area (Å²) in [4.78, 5) is 11.9. The zero-order chi connectivity index (χ0) is 19.0. The number of hydrogen-bond acceptors (Lipinski definition) is 5. The van der Waals surface area contributed by atoms with Crippen LogP contribution in [0.4, 0.5) is 0 Å². The van der Waals surface area contributed by atoms with Crippen LogP contribution in [0.2, 0.25) is 0 Å². The molecule has 1 rings (SSSR count). The standard InChI is InChI=1S/C21H35NO4/c1-3-4-5-7-10-13-25-19-15-18(21(23)24-2)16-20(17-19)26-14-11-8-6-9-12-22/h15-17H,3-14,22H2,1-2H3. The summed E-state index contributed by atoms with van der Waals surface area (Å²) in [5.41, 5.74) is 5.95. The van der Waals surface area contributed by atoms with Gasteiger partial charge in [0.15, 0.2) is 0 Å². The molecule has 0 fully saturated rings. The monoisotopic (exact) mass is 365 g/mol. The van der Waals surface area contributed by atoms with Crippen LogP contribution in [0.15, 0.2) is 18.2 Å². The molecule has 0 heterocycles. The van der Waals surface area contributed by atoms with E-state index in [1.165, 1.54) is 26.4 Å². The second-order valence-corrected chi connectivity index (χ2v) is 6.50. The Morgan fingerprint density at radius 3 is 1.88 bits per heavy atom. The number of carbonyl (C=O) groups excluding carboxylic acids is 1. The second kappa shape index (κ2) is 14.4. The van der Waals surface area contributed by atoms with Crippen molar-refractivity contribution in [3.63, 3.8) is 0 Å². The molecule has 0 amide bonds. The van der Waals surface area contributed by atoms with Crippen molar-refractivity contribution in [3.8, 4) is 11.5 Å². The molecule has 0 atom stereocenters. The minimum Gasteiger partial charge on any atom is -0.493 e. The zero-order valence-corrected chi connectivity index (χ0v) is 16.4. The van der Waals surface area contributed by atoms with Crippen molar-refractivity contribution in [3.05, 3.63) is 23.8 Å². The van der Waals surface area contributed by atoms with E-state index >= 15 is 0 Å². The highest BCUT2D eigenvalue weighted by molar-refractivity contribution is 5.90. The normalized spacial score (nSPS) is 10.6. The average molecular weight is 366 g/mol. The maximum absolute atomic E-state index is 11.9. The van der Waals surface area contributed by atoms with Gasteiger partial charge in [0.2, 0.25) is 0 Å². The van der Waals surface area contributed by atoms with Gasteiger partial charge >= 0.3 is 5.97 Å². The zero-order valence-electron chi connectivity index (χ0n) is 16.4. The van der Waals surface area contributed by atoms with Crippen LogP contribution in [0.1, 0.15) is 75.1 Å². The Morgan fingerprint density at radius 2 is 1.38 bits per heavy atom. The maximum Gasteiger partial charge on any atom is 0.338 e. The van der Waals surface area contributed by atoms with Crippen LogP contribution < -0.4 is 15.2 Å². The summed E-state index contributed by atoms with van der Waals surface area (Å²) in [5, 5.41) is 0. The number of benzene rings is 1. The highest BCUT2D eigenvalue weighted by Crippen LogP contribution is 2.24. The maximum atomic E-state index is 11.9. The van der Waals surface area contributed by atoms with Gasteiger partial charge in [-0.15, -0.1) is 0 Å². The summed E-state index contributed by atoms with van der Waals surface area (Å²) in [7, 11) is 1.38. The van der Waals surface area contributed by atoms with Gasteiger partial charge in [-0.2, -0.15) is 0 Å². The van der Waals surface area contributed by atoms with E-state index in [9.17, 15) is 4.79 Å². The Kier molecular flexibility index (Phi) is 12.4. The molecule has 148 valence electrons. The van der Waals surface area contributed by atoms with Crippen molar-refractivity contribution in [2.45, 2.75) is 64.7 Å². The average Bonchev–Trinajstić information content (AvgIpc) is 2.66. The van der Waals surface area contributed by atoms with E-state index < -0.39 is 0 Å². The smallest absolute Gasteiger partial charge is 0.338 e. The summed E-state index contributed by atoms with van der Waals surface area (Å²) in [6, 6.07) is 5.27. The number of nitrogens with two attached hydrogens (primary N) is 1. The fraction of sp³-hybridized carbons (Fsp3) is 0.667. The van der Waals surface area contributed by atoms with Crippen LogP contribution in [0.3, 0.4) is 0 Å². The Balaban J connectivity index is 2.52. The van der Waals surface area contributed by atoms with E-state index in [0.29, 0.717) is 30.3 Å². The number of esters is 1. The quantitative estimate of drug-likeness (QED) is 0.360. The minimum atomic E-state index is -0.383. The topological polar surface area (TPSA) is 70.8 Å². The molecule has 0 unspecified atom stereocenters. The van der Waals surface area contributed by atoms with Gasteiger partial charge in [0.1, 0.15) is 11.5 Å². The molecule has 0 aromatic heterocycles. The molecule has 5 nitrogen and oxygen atoms in total. The van der Waals surface area contributed by atoms with E-state index in [1.807, 2.05) is 6.07 Å². The molecule has 0 aliphatic rings. The number of ether oxygens (including phenoxy) is 3. The van der Waals surface area contributed by atoms with Gasteiger partial charge in [-0.25, -0.2) is 4.79 Å². The number of unbranched alkanes of at least 4 members (excludes halogenated alkanes) is 7. The van der Waals surface area contributed by atoms with Crippen molar-refractivity contribution in [2.24, 2.45) is 5.73 Å². The van der Waals surface area contributed by atoms with E-state index in [4.69, 9.17) is 19.9 Å². The number of rotatable bonds is 15. The third kappa shape index (κ3) is 9.66. The fourth-order valence-electron chi connectivity index (χ4n) is 2.66. The van der Waals surface area contributed by atoms with Crippen LogP contribution in [0, 0.1) is 0 Å². The van der Waals surface area contributed by atoms with Crippen LogP contribution >= 0.6 is 0 Å². The van der Waals surface area contributed by atoms with Gasteiger partial charge in [-0.3, -0.25) is 0 Å². The first kappa shape index (κ1) is 22.3.